The normalized spacial score (nSPS) is 19.2. The van der Waals surface area contributed by atoms with Gasteiger partial charge in [0, 0.05) is 43.8 Å². The molecule has 0 unspecified atom stereocenters. The Labute approximate surface area is 195 Å². The van der Waals surface area contributed by atoms with Gasteiger partial charge in [-0.25, -0.2) is 0 Å². The molecule has 0 aliphatic carbocycles. The maximum absolute atomic E-state index is 5.97. The molecule has 2 N–H and O–H groups in total. The van der Waals surface area contributed by atoms with Gasteiger partial charge in [-0.3, -0.25) is 0 Å². The standard InChI is InChI=1S/C23H31ClN6S/c1-17-6-5-13-30(16-17)21-14-20(29-11-3-2-4-12-29)26-22(27-21)28-23(31)25-15-18-7-9-19(24)10-8-18/h7-10,14,17H,2-6,11-13,15-16H2,1H3,(H2,25,26,27,28,31)/t17-/m0/s1. The fourth-order valence-electron chi connectivity index (χ4n) is 4.25. The molecular formula is C23H31ClN6S. The highest BCUT2D eigenvalue weighted by Crippen LogP contribution is 2.27. The van der Waals surface area contributed by atoms with Crippen molar-refractivity contribution in [1.82, 2.24) is 15.3 Å². The highest BCUT2D eigenvalue weighted by Gasteiger charge is 2.21. The average molecular weight is 459 g/mol. The van der Waals surface area contributed by atoms with Crippen LogP contribution in [-0.2, 0) is 6.54 Å². The molecule has 3 heterocycles. The first-order chi connectivity index (χ1) is 15.1. The predicted octanol–water partition coefficient (Wildman–Crippen LogP) is 4.84. The van der Waals surface area contributed by atoms with Gasteiger partial charge in [0.15, 0.2) is 5.11 Å². The molecule has 1 aromatic heterocycles. The Bertz CT molecular complexity index is 884. The van der Waals surface area contributed by atoms with E-state index in [0.29, 0.717) is 23.5 Å². The van der Waals surface area contributed by atoms with Crippen LogP contribution in [0.5, 0.6) is 0 Å². The third-order valence-corrected chi connectivity index (χ3v) is 6.45. The third kappa shape index (κ3) is 6.20. The number of hydrogen-bond donors (Lipinski definition) is 2. The largest absolute Gasteiger partial charge is 0.358 e. The summed E-state index contributed by atoms with van der Waals surface area (Å²) in [7, 11) is 0. The number of nitrogens with zero attached hydrogens (tertiary/aromatic N) is 4. The van der Waals surface area contributed by atoms with Crippen LogP contribution in [-0.4, -0.2) is 41.3 Å². The summed E-state index contributed by atoms with van der Waals surface area (Å²) in [6.45, 7) is 7.10. The van der Waals surface area contributed by atoms with E-state index >= 15 is 0 Å². The van der Waals surface area contributed by atoms with Gasteiger partial charge < -0.3 is 20.4 Å². The number of thiocarbonyl (C=S) groups is 1. The summed E-state index contributed by atoms with van der Waals surface area (Å²) in [5.41, 5.74) is 1.11. The van der Waals surface area contributed by atoms with Gasteiger partial charge >= 0.3 is 0 Å². The maximum Gasteiger partial charge on any atom is 0.232 e. The van der Waals surface area contributed by atoms with Gasteiger partial charge in [0.1, 0.15) is 11.6 Å². The number of benzene rings is 1. The minimum atomic E-state index is 0.517. The molecule has 166 valence electrons. The van der Waals surface area contributed by atoms with E-state index in [1.807, 2.05) is 24.3 Å². The van der Waals surface area contributed by atoms with E-state index in [9.17, 15) is 0 Å². The number of halogens is 1. The second-order valence-corrected chi connectivity index (χ2v) is 9.43. The summed E-state index contributed by atoms with van der Waals surface area (Å²) >= 11 is 11.5. The van der Waals surface area contributed by atoms with E-state index in [1.165, 1.54) is 32.1 Å². The number of rotatable bonds is 5. The van der Waals surface area contributed by atoms with E-state index in [1.54, 1.807) is 0 Å². The van der Waals surface area contributed by atoms with E-state index < -0.39 is 0 Å². The van der Waals surface area contributed by atoms with E-state index in [0.717, 1.165) is 48.4 Å². The molecule has 0 bridgehead atoms. The Hall–Kier alpha value is -2.12. The Kier molecular flexibility index (Phi) is 7.45. The zero-order valence-electron chi connectivity index (χ0n) is 18.1. The van der Waals surface area contributed by atoms with Crippen LogP contribution in [0.25, 0.3) is 0 Å². The number of hydrogen-bond acceptors (Lipinski definition) is 5. The summed E-state index contributed by atoms with van der Waals surface area (Å²) < 4.78 is 0. The second-order valence-electron chi connectivity index (χ2n) is 8.58. The molecule has 0 saturated carbocycles. The Morgan fingerprint density at radius 3 is 2.42 bits per heavy atom. The lowest BCUT2D eigenvalue weighted by Gasteiger charge is -2.33. The molecule has 1 atom stereocenters. The van der Waals surface area contributed by atoms with Gasteiger partial charge in [0.2, 0.25) is 5.95 Å². The molecule has 2 aliphatic rings. The maximum atomic E-state index is 5.97. The molecule has 2 fully saturated rings. The van der Waals surface area contributed by atoms with Crippen molar-refractivity contribution in [3.63, 3.8) is 0 Å². The molecule has 6 nitrogen and oxygen atoms in total. The average Bonchev–Trinajstić information content (AvgIpc) is 2.79. The quantitative estimate of drug-likeness (QED) is 0.621. The molecular weight excluding hydrogens is 428 g/mol. The summed E-state index contributed by atoms with van der Waals surface area (Å²) in [5.74, 6) is 3.22. The van der Waals surface area contributed by atoms with Crippen LogP contribution >= 0.6 is 23.8 Å². The lowest BCUT2D eigenvalue weighted by Crippen LogP contribution is -2.36. The number of anilines is 3. The molecule has 0 radical (unpaired) electrons. The van der Waals surface area contributed by atoms with Gasteiger partial charge in [0.05, 0.1) is 0 Å². The van der Waals surface area contributed by atoms with Crippen LogP contribution in [0.1, 0.15) is 44.6 Å². The minimum Gasteiger partial charge on any atom is -0.358 e. The summed E-state index contributed by atoms with van der Waals surface area (Å²) in [4.78, 5) is 14.4. The van der Waals surface area contributed by atoms with Gasteiger partial charge in [0.25, 0.3) is 0 Å². The topological polar surface area (TPSA) is 56.3 Å². The molecule has 0 spiro atoms. The van der Waals surface area contributed by atoms with Crippen molar-refractivity contribution in [3.8, 4) is 0 Å². The molecule has 31 heavy (non-hydrogen) atoms. The Balaban J connectivity index is 1.48. The Morgan fingerprint density at radius 2 is 1.71 bits per heavy atom. The minimum absolute atomic E-state index is 0.517. The first-order valence-electron chi connectivity index (χ1n) is 11.2. The smallest absolute Gasteiger partial charge is 0.232 e. The first kappa shape index (κ1) is 22.1. The lowest BCUT2D eigenvalue weighted by molar-refractivity contribution is 0.444. The van der Waals surface area contributed by atoms with Crippen LogP contribution in [0.4, 0.5) is 17.6 Å². The molecule has 2 saturated heterocycles. The molecule has 1 aromatic carbocycles. The molecule has 8 heteroatoms. The van der Waals surface area contributed by atoms with E-state index in [-0.39, 0.29) is 0 Å². The van der Waals surface area contributed by atoms with Crippen molar-refractivity contribution in [1.29, 1.82) is 0 Å². The first-order valence-corrected chi connectivity index (χ1v) is 12.0. The number of nitrogens with one attached hydrogen (secondary N) is 2. The predicted molar refractivity (Wildman–Crippen MR) is 133 cm³/mol. The Morgan fingerprint density at radius 1 is 1.03 bits per heavy atom. The van der Waals surface area contributed by atoms with Crippen LogP contribution in [0.15, 0.2) is 30.3 Å². The van der Waals surface area contributed by atoms with Gasteiger partial charge in [-0.1, -0.05) is 30.7 Å². The van der Waals surface area contributed by atoms with Gasteiger partial charge in [-0.15, -0.1) is 0 Å². The summed E-state index contributed by atoms with van der Waals surface area (Å²) in [5, 5.41) is 7.70. The second kappa shape index (κ2) is 10.5. The molecule has 2 aromatic rings. The molecule has 4 rings (SSSR count). The highest BCUT2D eigenvalue weighted by molar-refractivity contribution is 7.80. The van der Waals surface area contributed by atoms with Gasteiger partial charge in [-0.2, -0.15) is 9.97 Å². The van der Waals surface area contributed by atoms with Crippen molar-refractivity contribution >= 4 is 46.5 Å². The van der Waals surface area contributed by atoms with E-state index in [4.69, 9.17) is 33.8 Å². The number of aromatic nitrogens is 2. The van der Waals surface area contributed by atoms with Crippen molar-refractivity contribution in [2.45, 2.75) is 45.6 Å². The summed E-state index contributed by atoms with van der Waals surface area (Å²) in [6, 6.07) is 9.89. The van der Waals surface area contributed by atoms with Crippen molar-refractivity contribution in [3.05, 3.63) is 40.9 Å². The van der Waals surface area contributed by atoms with Crippen molar-refractivity contribution in [2.24, 2.45) is 5.92 Å². The van der Waals surface area contributed by atoms with Crippen LogP contribution in [0.2, 0.25) is 5.02 Å². The fraction of sp³-hybridized carbons (Fsp3) is 0.522. The van der Waals surface area contributed by atoms with Crippen LogP contribution in [0.3, 0.4) is 0 Å². The fourth-order valence-corrected chi connectivity index (χ4v) is 4.54. The zero-order chi connectivity index (χ0) is 21.6. The van der Waals surface area contributed by atoms with E-state index in [2.05, 4.69) is 33.4 Å². The molecule has 2 aliphatic heterocycles. The molecule has 0 amide bonds. The van der Waals surface area contributed by atoms with Crippen LogP contribution < -0.4 is 20.4 Å². The summed E-state index contributed by atoms with van der Waals surface area (Å²) in [6.07, 6.45) is 6.20. The highest BCUT2D eigenvalue weighted by atomic mass is 35.5. The lowest BCUT2D eigenvalue weighted by atomic mass is 10.0. The zero-order valence-corrected chi connectivity index (χ0v) is 19.7. The van der Waals surface area contributed by atoms with Gasteiger partial charge in [-0.05, 0) is 67.9 Å². The number of piperidine rings is 2. The SMILES string of the molecule is C[C@H]1CCCN(c2cc(N3CCCCC3)nc(NC(=S)NCc3ccc(Cl)cc3)n2)C1. The van der Waals surface area contributed by atoms with Crippen molar-refractivity contribution < 1.29 is 0 Å². The van der Waals surface area contributed by atoms with Crippen LogP contribution in [0, 0.1) is 5.92 Å². The van der Waals surface area contributed by atoms with Crippen molar-refractivity contribution in [2.75, 3.05) is 41.3 Å². The monoisotopic (exact) mass is 458 g/mol. The third-order valence-electron chi connectivity index (χ3n) is 5.95.